The predicted octanol–water partition coefficient (Wildman–Crippen LogP) is 0.309. The third-order valence-corrected chi connectivity index (χ3v) is 5.31. The molecule has 20 heavy (non-hydrogen) atoms. The lowest BCUT2D eigenvalue weighted by atomic mass is 9.78. The molecule has 5 heteroatoms. The molecule has 1 unspecified atom stereocenters. The summed E-state index contributed by atoms with van der Waals surface area (Å²) >= 11 is 0. The Bertz CT molecular complexity index is 350. The van der Waals surface area contributed by atoms with E-state index in [4.69, 9.17) is 4.74 Å². The van der Waals surface area contributed by atoms with E-state index in [0.717, 1.165) is 45.6 Å². The van der Waals surface area contributed by atoms with E-state index in [9.17, 15) is 4.79 Å². The van der Waals surface area contributed by atoms with Gasteiger partial charge in [0.2, 0.25) is 5.91 Å². The molecular weight excluding hydrogens is 254 g/mol. The average molecular weight is 281 g/mol. The zero-order valence-electron chi connectivity index (χ0n) is 12.6. The first kappa shape index (κ1) is 14.3. The Morgan fingerprint density at radius 2 is 2.10 bits per heavy atom. The smallest absolute Gasteiger partial charge is 0.231 e. The molecule has 3 fully saturated rings. The van der Waals surface area contributed by atoms with Crippen molar-refractivity contribution in [3.8, 4) is 0 Å². The SMILES string of the molecule is COCC1(C(=O)N2CCN3CCCC3C2)CCNCC1. The lowest BCUT2D eigenvalue weighted by Gasteiger charge is -2.44. The molecule has 0 saturated carbocycles. The molecule has 3 heterocycles. The van der Waals surface area contributed by atoms with Crippen LogP contribution in [0.2, 0.25) is 0 Å². The number of methoxy groups -OCH3 is 1. The van der Waals surface area contributed by atoms with Crippen molar-refractivity contribution in [2.75, 3.05) is 53.0 Å². The molecule has 1 amide bonds. The zero-order valence-corrected chi connectivity index (χ0v) is 12.6. The maximum atomic E-state index is 13.1. The third-order valence-electron chi connectivity index (χ3n) is 5.31. The van der Waals surface area contributed by atoms with Crippen LogP contribution in [0, 0.1) is 5.41 Å². The summed E-state index contributed by atoms with van der Waals surface area (Å²) in [5.74, 6) is 0.340. The number of ether oxygens (including phenoxy) is 1. The lowest BCUT2D eigenvalue weighted by molar-refractivity contribution is -0.150. The minimum atomic E-state index is -0.277. The Labute approximate surface area is 121 Å². The Morgan fingerprint density at radius 1 is 1.30 bits per heavy atom. The number of carbonyl (C=O) groups excluding carboxylic acids is 1. The van der Waals surface area contributed by atoms with Crippen molar-refractivity contribution in [3.63, 3.8) is 0 Å². The molecule has 3 aliphatic heterocycles. The quantitative estimate of drug-likeness (QED) is 0.809. The number of rotatable bonds is 3. The number of piperidine rings is 1. The van der Waals surface area contributed by atoms with Crippen LogP contribution in [0.15, 0.2) is 0 Å². The van der Waals surface area contributed by atoms with E-state index in [0.29, 0.717) is 18.6 Å². The second kappa shape index (κ2) is 6.00. The molecule has 3 saturated heterocycles. The topological polar surface area (TPSA) is 44.8 Å². The van der Waals surface area contributed by atoms with Gasteiger partial charge in [0, 0.05) is 32.8 Å². The molecule has 0 aromatic rings. The molecule has 3 rings (SSSR count). The van der Waals surface area contributed by atoms with Crippen molar-refractivity contribution in [1.29, 1.82) is 0 Å². The molecule has 1 atom stereocenters. The molecule has 0 radical (unpaired) electrons. The van der Waals surface area contributed by atoms with Gasteiger partial charge in [-0.1, -0.05) is 0 Å². The fourth-order valence-corrected chi connectivity index (χ4v) is 4.11. The van der Waals surface area contributed by atoms with Crippen molar-refractivity contribution in [1.82, 2.24) is 15.1 Å². The van der Waals surface area contributed by atoms with Gasteiger partial charge in [0.05, 0.1) is 12.0 Å². The first-order valence-electron chi connectivity index (χ1n) is 7.98. The fourth-order valence-electron chi connectivity index (χ4n) is 4.11. The molecule has 1 N–H and O–H groups in total. The molecule has 0 bridgehead atoms. The summed E-state index contributed by atoms with van der Waals surface area (Å²) in [6, 6.07) is 0.606. The molecule has 114 valence electrons. The van der Waals surface area contributed by atoms with Crippen LogP contribution in [-0.2, 0) is 9.53 Å². The van der Waals surface area contributed by atoms with Crippen LogP contribution in [-0.4, -0.2) is 74.7 Å². The molecule has 0 aromatic heterocycles. The van der Waals surface area contributed by atoms with Crippen molar-refractivity contribution < 1.29 is 9.53 Å². The van der Waals surface area contributed by atoms with Crippen LogP contribution < -0.4 is 5.32 Å². The lowest BCUT2D eigenvalue weighted by Crippen LogP contribution is -2.58. The highest BCUT2D eigenvalue weighted by Crippen LogP contribution is 2.33. The van der Waals surface area contributed by atoms with E-state index in [1.165, 1.54) is 19.4 Å². The number of amides is 1. The summed E-state index contributed by atoms with van der Waals surface area (Å²) < 4.78 is 5.40. The highest BCUT2D eigenvalue weighted by molar-refractivity contribution is 5.83. The van der Waals surface area contributed by atoms with Crippen LogP contribution in [0.1, 0.15) is 25.7 Å². The largest absolute Gasteiger partial charge is 0.384 e. The molecule has 3 aliphatic rings. The first-order valence-corrected chi connectivity index (χ1v) is 7.98. The monoisotopic (exact) mass is 281 g/mol. The number of nitrogens with zero attached hydrogens (tertiary/aromatic N) is 2. The Kier molecular flexibility index (Phi) is 4.29. The van der Waals surface area contributed by atoms with E-state index in [1.54, 1.807) is 7.11 Å². The molecular formula is C15H27N3O2. The molecule has 5 nitrogen and oxygen atoms in total. The summed E-state index contributed by atoms with van der Waals surface area (Å²) in [5.41, 5.74) is -0.277. The van der Waals surface area contributed by atoms with Gasteiger partial charge < -0.3 is 15.0 Å². The zero-order chi connectivity index (χ0) is 14.0. The normalized spacial score (nSPS) is 30.2. The van der Waals surface area contributed by atoms with Gasteiger partial charge in [-0.25, -0.2) is 0 Å². The first-order chi connectivity index (χ1) is 9.75. The number of nitrogens with one attached hydrogen (secondary N) is 1. The summed E-state index contributed by atoms with van der Waals surface area (Å²) in [6.45, 7) is 6.53. The third kappa shape index (κ3) is 2.59. The van der Waals surface area contributed by atoms with Crippen molar-refractivity contribution in [3.05, 3.63) is 0 Å². The van der Waals surface area contributed by atoms with Crippen molar-refractivity contribution in [2.45, 2.75) is 31.7 Å². The van der Waals surface area contributed by atoms with Gasteiger partial charge in [0.15, 0.2) is 0 Å². The maximum Gasteiger partial charge on any atom is 0.231 e. The number of carbonyl (C=O) groups is 1. The van der Waals surface area contributed by atoms with Crippen molar-refractivity contribution >= 4 is 5.91 Å². The van der Waals surface area contributed by atoms with Crippen LogP contribution in [0.4, 0.5) is 0 Å². The van der Waals surface area contributed by atoms with Gasteiger partial charge in [0.1, 0.15) is 0 Å². The summed E-state index contributed by atoms with van der Waals surface area (Å²) in [6.07, 6.45) is 4.36. The van der Waals surface area contributed by atoms with Crippen molar-refractivity contribution in [2.24, 2.45) is 5.41 Å². The Balaban J connectivity index is 1.69. The van der Waals surface area contributed by atoms with Gasteiger partial charge in [-0.2, -0.15) is 0 Å². The van der Waals surface area contributed by atoms with Crippen LogP contribution >= 0.6 is 0 Å². The van der Waals surface area contributed by atoms with Gasteiger partial charge in [-0.05, 0) is 45.3 Å². The van der Waals surface area contributed by atoms with Gasteiger partial charge in [0.25, 0.3) is 0 Å². The number of hydrogen-bond acceptors (Lipinski definition) is 4. The highest BCUT2D eigenvalue weighted by Gasteiger charge is 2.44. The van der Waals surface area contributed by atoms with Crippen LogP contribution in [0.25, 0.3) is 0 Å². The second-order valence-corrected chi connectivity index (χ2v) is 6.55. The van der Waals surface area contributed by atoms with E-state index < -0.39 is 0 Å². The van der Waals surface area contributed by atoms with E-state index in [2.05, 4.69) is 15.1 Å². The number of fused-ring (bicyclic) bond motifs is 1. The Morgan fingerprint density at radius 3 is 2.85 bits per heavy atom. The number of hydrogen-bond donors (Lipinski definition) is 1. The van der Waals surface area contributed by atoms with Gasteiger partial charge in [-0.15, -0.1) is 0 Å². The predicted molar refractivity (Wildman–Crippen MR) is 77.6 cm³/mol. The van der Waals surface area contributed by atoms with Gasteiger partial charge in [-0.3, -0.25) is 9.69 Å². The number of piperazine rings is 1. The minimum absolute atomic E-state index is 0.277. The summed E-state index contributed by atoms with van der Waals surface area (Å²) in [4.78, 5) is 17.7. The van der Waals surface area contributed by atoms with Crippen LogP contribution in [0.3, 0.4) is 0 Å². The minimum Gasteiger partial charge on any atom is -0.384 e. The second-order valence-electron chi connectivity index (χ2n) is 6.55. The maximum absolute atomic E-state index is 13.1. The summed E-state index contributed by atoms with van der Waals surface area (Å²) in [5, 5.41) is 3.36. The van der Waals surface area contributed by atoms with E-state index in [1.807, 2.05) is 0 Å². The average Bonchev–Trinajstić information content (AvgIpc) is 2.95. The Hall–Kier alpha value is -0.650. The standard InChI is InChI=1S/C15H27N3O2/c1-20-12-15(4-6-16-7-5-15)14(19)18-10-9-17-8-2-3-13(17)11-18/h13,16H,2-12H2,1H3. The molecule has 0 aromatic carbocycles. The van der Waals surface area contributed by atoms with E-state index in [-0.39, 0.29) is 5.41 Å². The van der Waals surface area contributed by atoms with Crippen LogP contribution in [0.5, 0.6) is 0 Å². The highest BCUT2D eigenvalue weighted by atomic mass is 16.5. The fraction of sp³-hybridized carbons (Fsp3) is 0.933. The van der Waals surface area contributed by atoms with Gasteiger partial charge >= 0.3 is 0 Å². The molecule has 0 spiro atoms. The van der Waals surface area contributed by atoms with E-state index >= 15 is 0 Å². The summed E-state index contributed by atoms with van der Waals surface area (Å²) in [7, 11) is 1.71. The molecule has 0 aliphatic carbocycles.